The van der Waals surface area contributed by atoms with E-state index in [-0.39, 0.29) is 11.8 Å². The van der Waals surface area contributed by atoms with E-state index in [9.17, 15) is 4.79 Å². The van der Waals surface area contributed by atoms with Crippen molar-refractivity contribution in [1.29, 1.82) is 0 Å². The Hall–Kier alpha value is -1.36. The number of carbonyl (C=O) groups excluding carboxylic acids is 1. The minimum Gasteiger partial charge on any atom is -0.360 e. The number of hydrogen-bond donors (Lipinski definition) is 1. The van der Waals surface area contributed by atoms with Crippen LogP contribution in [0.25, 0.3) is 0 Å². The topological polar surface area (TPSA) is 58.4 Å². The third kappa shape index (κ3) is 3.94. The molecule has 1 unspecified atom stereocenters. The molecule has 5 nitrogen and oxygen atoms in total. The fourth-order valence-electron chi connectivity index (χ4n) is 3.94. The number of hydrogen-bond acceptors (Lipinski definition) is 4. The molecule has 23 heavy (non-hydrogen) atoms. The summed E-state index contributed by atoms with van der Waals surface area (Å²) in [6.07, 6.45) is 9.19. The van der Waals surface area contributed by atoms with Gasteiger partial charge in [0.1, 0.15) is 5.76 Å². The number of likely N-dealkylation sites (tertiary alicyclic amines) is 1. The molecule has 0 bridgehead atoms. The molecule has 2 heterocycles. The number of carbonyl (C=O) groups is 1. The Morgan fingerprint density at radius 3 is 2.78 bits per heavy atom. The minimum absolute atomic E-state index is 0.115. The summed E-state index contributed by atoms with van der Waals surface area (Å²) in [5.74, 6) is 0.900. The zero-order valence-corrected chi connectivity index (χ0v) is 14.4. The fraction of sp³-hybridized carbons (Fsp3) is 0.778. The third-order valence-electron chi connectivity index (χ3n) is 5.29. The molecule has 0 spiro atoms. The SMILES string of the molecule is CC(C)c1cc(C(=O)NCC2CCCN2C2CCCCC2)no1. The molecule has 1 saturated carbocycles. The first kappa shape index (κ1) is 16.5. The summed E-state index contributed by atoms with van der Waals surface area (Å²) < 4.78 is 5.21. The van der Waals surface area contributed by atoms with Gasteiger partial charge in [-0.2, -0.15) is 0 Å². The maximum Gasteiger partial charge on any atom is 0.273 e. The lowest BCUT2D eigenvalue weighted by molar-refractivity contribution is 0.0911. The van der Waals surface area contributed by atoms with Gasteiger partial charge in [-0.3, -0.25) is 9.69 Å². The number of aromatic nitrogens is 1. The molecule has 0 radical (unpaired) electrons. The zero-order chi connectivity index (χ0) is 16.2. The lowest BCUT2D eigenvalue weighted by atomic mass is 9.94. The maximum absolute atomic E-state index is 12.3. The van der Waals surface area contributed by atoms with Crippen LogP contribution in [0, 0.1) is 0 Å². The number of rotatable bonds is 5. The largest absolute Gasteiger partial charge is 0.360 e. The number of amides is 1. The molecular formula is C18H29N3O2. The van der Waals surface area contributed by atoms with E-state index >= 15 is 0 Å². The Bertz CT molecular complexity index is 520. The first-order valence-corrected chi connectivity index (χ1v) is 9.15. The second-order valence-electron chi connectivity index (χ2n) is 7.30. The van der Waals surface area contributed by atoms with Crippen molar-refractivity contribution in [3.05, 3.63) is 17.5 Å². The molecule has 1 aliphatic heterocycles. The van der Waals surface area contributed by atoms with Crippen molar-refractivity contribution >= 4 is 5.91 Å². The van der Waals surface area contributed by atoms with Crippen LogP contribution in [0.3, 0.4) is 0 Å². The van der Waals surface area contributed by atoms with Gasteiger partial charge in [-0.05, 0) is 32.2 Å². The lowest BCUT2D eigenvalue weighted by Crippen LogP contribution is -2.45. The summed E-state index contributed by atoms with van der Waals surface area (Å²) in [4.78, 5) is 14.9. The minimum atomic E-state index is -0.115. The van der Waals surface area contributed by atoms with Gasteiger partial charge in [-0.25, -0.2) is 0 Å². The van der Waals surface area contributed by atoms with Gasteiger partial charge in [0.05, 0.1) is 0 Å². The summed E-state index contributed by atoms with van der Waals surface area (Å²) in [7, 11) is 0. The van der Waals surface area contributed by atoms with Crippen LogP contribution in [0.1, 0.15) is 81.0 Å². The van der Waals surface area contributed by atoms with Crippen LogP contribution in [-0.2, 0) is 0 Å². The monoisotopic (exact) mass is 319 g/mol. The fourth-order valence-corrected chi connectivity index (χ4v) is 3.94. The second-order valence-corrected chi connectivity index (χ2v) is 7.30. The van der Waals surface area contributed by atoms with Crippen molar-refractivity contribution in [3.8, 4) is 0 Å². The predicted molar refractivity (Wildman–Crippen MR) is 89.5 cm³/mol. The number of nitrogens with zero attached hydrogens (tertiary/aromatic N) is 2. The number of nitrogens with one attached hydrogen (secondary N) is 1. The van der Waals surface area contributed by atoms with Crippen molar-refractivity contribution in [2.24, 2.45) is 0 Å². The highest BCUT2D eigenvalue weighted by Crippen LogP contribution is 2.28. The van der Waals surface area contributed by atoms with E-state index in [2.05, 4.69) is 15.4 Å². The van der Waals surface area contributed by atoms with Gasteiger partial charge < -0.3 is 9.84 Å². The lowest BCUT2D eigenvalue weighted by Gasteiger charge is -2.35. The van der Waals surface area contributed by atoms with E-state index in [4.69, 9.17) is 4.52 Å². The second kappa shape index (κ2) is 7.47. The van der Waals surface area contributed by atoms with E-state index in [0.717, 1.165) is 18.3 Å². The summed E-state index contributed by atoms with van der Waals surface area (Å²) in [6, 6.07) is 2.97. The van der Waals surface area contributed by atoms with Crippen molar-refractivity contribution in [1.82, 2.24) is 15.4 Å². The molecule has 1 amide bonds. The Balaban J connectivity index is 1.52. The van der Waals surface area contributed by atoms with Gasteiger partial charge in [0, 0.05) is 30.6 Å². The van der Waals surface area contributed by atoms with Gasteiger partial charge in [0.15, 0.2) is 5.69 Å². The van der Waals surface area contributed by atoms with E-state index in [0.29, 0.717) is 11.7 Å². The Kier molecular flexibility index (Phi) is 5.36. The standard InChI is InChI=1S/C18H29N3O2/c1-13(2)17-11-16(20-23-17)18(22)19-12-15-9-6-10-21(15)14-7-4-3-5-8-14/h11,13-15H,3-10,12H2,1-2H3,(H,19,22). The first-order chi connectivity index (χ1) is 11.1. The molecule has 1 atom stereocenters. The summed E-state index contributed by atoms with van der Waals surface area (Å²) in [5.41, 5.74) is 0.399. The summed E-state index contributed by atoms with van der Waals surface area (Å²) >= 11 is 0. The van der Waals surface area contributed by atoms with Crippen molar-refractivity contribution in [2.45, 2.75) is 76.8 Å². The third-order valence-corrected chi connectivity index (χ3v) is 5.29. The normalized spacial score (nSPS) is 23.5. The molecule has 3 rings (SSSR count). The van der Waals surface area contributed by atoms with E-state index in [1.165, 1.54) is 51.5 Å². The predicted octanol–water partition coefficient (Wildman–Crippen LogP) is 3.32. The smallest absolute Gasteiger partial charge is 0.273 e. The summed E-state index contributed by atoms with van der Waals surface area (Å²) in [6.45, 7) is 5.97. The van der Waals surface area contributed by atoms with Gasteiger partial charge in [-0.1, -0.05) is 38.3 Å². The van der Waals surface area contributed by atoms with E-state index < -0.39 is 0 Å². The van der Waals surface area contributed by atoms with Gasteiger partial charge in [0.2, 0.25) is 0 Å². The highest BCUT2D eigenvalue weighted by molar-refractivity contribution is 5.92. The highest BCUT2D eigenvalue weighted by atomic mass is 16.5. The van der Waals surface area contributed by atoms with Crippen LogP contribution in [0.2, 0.25) is 0 Å². The molecule has 1 N–H and O–H groups in total. The van der Waals surface area contributed by atoms with Crippen molar-refractivity contribution in [3.63, 3.8) is 0 Å². The van der Waals surface area contributed by atoms with Gasteiger partial charge in [0.25, 0.3) is 5.91 Å². The molecule has 2 aliphatic rings. The molecule has 1 aliphatic carbocycles. The van der Waals surface area contributed by atoms with Crippen LogP contribution >= 0.6 is 0 Å². The van der Waals surface area contributed by atoms with Crippen LogP contribution in [0.5, 0.6) is 0 Å². The van der Waals surface area contributed by atoms with Crippen LogP contribution in [-0.4, -0.2) is 41.1 Å². The Morgan fingerprint density at radius 2 is 2.09 bits per heavy atom. The Morgan fingerprint density at radius 1 is 1.30 bits per heavy atom. The van der Waals surface area contributed by atoms with E-state index in [1.54, 1.807) is 6.07 Å². The molecule has 0 aromatic carbocycles. The van der Waals surface area contributed by atoms with Gasteiger partial charge in [-0.15, -0.1) is 0 Å². The molecule has 1 saturated heterocycles. The summed E-state index contributed by atoms with van der Waals surface area (Å²) in [5, 5.41) is 6.95. The Labute approximate surface area is 138 Å². The average Bonchev–Trinajstić information content (AvgIpc) is 3.22. The van der Waals surface area contributed by atoms with Crippen molar-refractivity contribution in [2.75, 3.05) is 13.1 Å². The van der Waals surface area contributed by atoms with Crippen LogP contribution in [0.4, 0.5) is 0 Å². The van der Waals surface area contributed by atoms with Crippen molar-refractivity contribution < 1.29 is 9.32 Å². The quantitative estimate of drug-likeness (QED) is 0.904. The molecule has 2 fully saturated rings. The average molecular weight is 319 g/mol. The first-order valence-electron chi connectivity index (χ1n) is 9.15. The van der Waals surface area contributed by atoms with Gasteiger partial charge >= 0.3 is 0 Å². The van der Waals surface area contributed by atoms with Crippen LogP contribution in [0.15, 0.2) is 10.6 Å². The maximum atomic E-state index is 12.3. The molecule has 1 aromatic heterocycles. The molecule has 5 heteroatoms. The molecule has 1 aromatic rings. The van der Waals surface area contributed by atoms with Crippen LogP contribution < -0.4 is 5.32 Å². The zero-order valence-electron chi connectivity index (χ0n) is 14.4. The molecule has 128 valence electrons. The molecular weight excluding hydrogens is 290 g/mol. The van der Waals surface area contributed by atoms with E-state index in [1.807, 2.05) is 13.8 Å². The highest BCUT2D eigenvalue weighted by Gasteiger charge is 2.31.